The number of β-amino-alcohol motifs (C(OH)–C–C–N with tert-alkyl or cyclic N) is 1. The number of benzene rings is 2. The van der Waals surface area contributed by atoms with Gasteiger partial charge in [0.25, 0.3) is 0 Å². The van der Waals surface area contributed by atoms with Crippen molar-refractivity contribution < 1.29 is 49.1 Å². The summed E-state index contributed by atoms with van der Waals surface area (Å²) in [4.78, 5) is 68.6. The standard InChI is InChI=1S/C50H62ClN7O10S/c1-28-44(69-27-56-28)30-14-12-29(13-15-30)24-53-47(65)38-23-34(61)25-58(38)48(66)36(50(2,3)4)22-33(60)10-7-5-6-9-32(59)11-8-20-67-39-21-31(16-17-37(39)51)40(62)43-41(63)42(64)49(68-43)57-19-18-35-45(52)54-26-55-46(35)57/h12-19,21,26-27,34,36,38,40-43,49,61-64H,5-11,20,22-25H2,1-4H3,(H,53,65)(H2,52,54,55)/t34-,36-,38+,40-,41+,42-,43-,49-/m1/s1. The largest absolute Gasteiger partial charge is 0.492 e. The van der Waals surface area contributed by atoms with Gasteiger partial charge in [-0.25, -0.2) is 15.0 Å². The van der Waals surface area contributed by atoms with Crippen molar-refractivity contribution in [3.8, 4) is 16.2 Å². The SMILES string of the molecule is Cc1ncsc1-c1ccc(CNC(=O)[C@@H]2C[C@@H](O)CN2C(=O)[C@@H](CC(=O)CCCCCC(=O)CCCOc2cc([C@@H](O)[C@H]3O[C@@H](n4ccc5c(N)ncnc54)[C@H](O)[C@@H]3O)ccc2Cl)C(C)(C)C)cc1. The first-order valence-electron chi connectivity index (χ1n) is 23.4. The Hall–Kier alpha value is -5.34. The number of unbranched alkanes of at least 4 members (excludes halogenated alkanes) is 2. The van der Waals surface area contributed by atoms with Gasteiger partial charge in [0, 0.05) is 57.3 Å². The van der Waals surface area contributed by atoms with E-state index < -0.39 is 54.1 Å². The van der Waals surface area contributed by atoms with Gasteiger partial charge in [-0.05, 0) is 66.5 Å². The van der Waals surface area contributed by atoms with E-state index >= 15 is 0 Å². The van der Waals surface area contributed by atoms with Crippen LogP contribution in [0.2, 0.25) is 5.02 Å². The summed E-state index contributed by atoms with van der Waals surface area (Å²) in [6.07, 6.45) is -1.19. The Morgan fingerprint density at radius 1 is 0.957 bits per heavy atom. The number of thiazole rings is 1. The topological polar surface area (TPSA) is 253 Å². The number of carbonyl (C=O) groups excluding carboxylic acids is 4. The normalized spacial score (nSPS) is 21.4. The van der Waals surface area contributed by atoms with Gasteiger partial charge in [-0.15, -0.1) is 11.3 Å². The molecule has 0 saturated carbocycles. The summed E-state index contributed by atoms with van der Waals surface area (Å²) in [6, 6.07) is 13.3. The molecule has 2 aliphatic rings. The van der Waals surface area contributed by atoms with E-state index in [-0.39, 0.29) is 85.4 Å². The molecule has 2 fully saturated rings. The molecule has 0 radical (unpaired) electrons. The predicted molar refractivity (Wildman–Crippen MR) is 260 cm³/mol. The molecule has 0 aliphatic carbocycles. The lowest BCUT2D eigenvalue weighted by molar-refractivity contribution is -0.146. The smallest absolute Gasteiger partial charge is 0.243 e. The molecule has 3 aromatic heterocycles. The summed E-state index contributed by atoms with van der Waals surface area (Å²) in [5.74, 6) is -0.860. The maximum Gasteiger partial charge on any atom is 0.243 e. The van der Waals surface area contributed by atoms with Crippen LogP contribution < -0.4 is 15.8 Å². The van der Waals surface area contributed by atoms with Crippen LogP contribution in [0.25, 0.3) is 21.5 Å². The Morgan fingerprint density at radius 3 is 2.39 bits per heavy atom. The second-order valence-corrected chi connectivity index (χ2v) is 20.4. The van der Waals surface area contributed by atoms with Gasteiger partial charge >= 0.3 is 0 Å². The number of anilines is 1. The zero-order valence-electron chi connectivity index (χ0n) is 39.3. The average Bonchev–Trinajstić information content (AvgIpc) is 4.12. The van der Waals surface area contributed by atoms with E-state index in [0.29, 0.717) is 48.7 Å². The molecule has 19 heteroatoms. The van der Waals surface area contributed by atoms with Crippen molar-refractivity contribution in [3.63, 3.8) is 0 Å². The Morgan fingerprint density at radius 2 is 1.68 bits per heavy atom. The number of Topliss-reactive ketones (excluding diaryl/α,β-unsaturated/α-hetero) is 2. The molecule has 69 heavy (non-hydrogen) atoms. The number of hydrogen-bond acceptors (Lipinski definition) is 15. The fourth-order valence-corrected chi connectivity index (χ4v) is 10.0. The fraction of sp³-hybridized carbons (Fsp3) is 0.500. The number of amides is 2. The Bertz CT molecular complexity index is 2600. The summed E-state index contributed by atoms with van der Waals surface area (Å²) in [5, 5.41) is 47.5. The van der Waals surface area contributed by atoms with Crippen molar-refractivity contribution in [2.75, 3.05) is 18.9 Å². The van der Waals surface area contributed by atoms with Crippen LogP contribution >= 0.6 is 22.9 Å². The van der Waals surface area contributed by atoms with Crippen LogP contribution in [0.4, 0.5) is 5.82 Å². The molecule has 17 nitrogen and oxygen atoms in total. The van der Waals surface area contributed by atoms with Gasteiger partial charge in [0.1, 0.15) is 65.6 Å². The van der Waals surface area contributed by atoms with E-state index in [1.807, 2.05) is 57.5 Å². The van der Waals surface area contributed by atoms with Crippen molar-refractivity contribution >= 4 is 63.2 Å². The van der Waals surface area contributed by atoms with Crippen molar-refractivity contribution in [2.45, 2.75) is 135 Å². The summed E-state index contributed by atoms with van der Waals surface area (Å²) in [6.45, 7) is 8.11. The number of nitrogens with zero attached hydrogens (tertiary/aromatic N) is 5. The minimum atomic E-state index is -1.45. The van der Waals surface area contributed by atoms with Crippen molar-refractivity contribution in [3.05, 3.63) is 88.4 Å². The Balaban J connectivity index is 0.810. The fourth-order valence-electron chi connectivity index (χ4n) is 9.03. The number of hydrogen-bond donors (Lipinski definition) is 6. The van der Waals surface area contributed by atoms with Gasteiger partial charge in [-0.2, -0.15) is 0 Å². The molecule has 0 bridgehead atoms. The first-order chi connectivity index (χ1) is 32.9. The van der Waals surface area contributed by atoms with Crippen molar-refractivity contribution in [1.29, 1.82) is 0 Å². The lowest BCUT2D eigenvalue weighted by atomic mass is 9.76. The molecule has 370 valence electrons. The molecule has 0 spiro atoms. The van der Waals surface area contributed by atoms with Gasteiger partial charge in [0.2, 0.25) is 11.8 Å². The van der Waals surface area contributed by atoms with Gasteiger partial charge in [0.15, 0.2) is 6.23 Å². The van der Waals surface area contributed by atoms with Crippen LogP contribution in [0.3, 0.4) is 0 Å². The average molecular weight is 989 g/mol. The van der Waals surface area contributed by atoms with Crippen LogP contribution in [-0.4, -0.2) is 112 Å². The van der Waals surface area contributed by atoms with Gasteiger partial charge in [-0.1, -0.05) is 69.1 Å². The maximum atomic E-state index is 14.1. The first-order valence-corrected chi connectivity index (χ1v) is 24.6. The van der Waals surface area contributed by atoms with E-state index in [4.69, 9.17) is 26.8 Å². The van der Waals surface area contributed by atoms with Crippen molar-refractivity contribution in [1.82, 2.24) is 29.7 Å². The highest BCUT2D eigenvalue weighted by Crippen LogP contribution is 2.40. The number of carbonyl (C=O) groups is 4. The number of ether oxygens (including phenoxy) is 2. The molecular weight excluding hydrogens is 926 g/mol. The molecule has 5 aromatic rings. The van der Waals surface area contributed by atoms with Crippen molar-refractivity contribution in [2.24, 2.45) is 11.3 Å². The number of aryl methyl sites for hydroxylation is 1. The van der Waals surface area contributed by atoms with E-state index in [9.17, 15) is 39.6 Å². The molecule has 5 heterocycles. The van der Waals surface area contributed by atoms with E-state index in [1.165, 1.54) is 21.9 Å². The molecule has 8 atom stereocenters. The van der Waals surface area contributed by atoms with E-state index in [0.717, 1.165) is 21.7 Å². The zero-order chi connectivity index (χ0) is 49.6. The highest BCUT2D eigenvalue weighted by Gasteiger charge is 2.48. The number of ketones is 2. The van der Waals surface area contributed by atoms with Crippen LogP contribution in [0.1, 0.15) is 108 Å². The number of rotatable bonds is 21. The Kier molecular flexibility index (Phi) is 16.9. The molecule has 2 aromatic carbocycles. The number of halogens is 1. The second kappa shape index (κ2) is 22.6. The van der Waals surface area contributed by atoms with E-state index in [1.54, 1.807) is 35.7 Å². The summed E-state index contributed by atoms with van der Waals surface area (Å²) >= 11 is 7.98. The molecular formula is C50H62ClN7O10S. The van der Waals surface area contributed by atoms with Crippen LogP contribution in [0.5, 0.6) is 5.75 Å². The van der Waals surface area contributed by atoms with Gasteiger partial charge < -0.3 is 50.4 Å². The third kappa shape index (κ3) is 12.3. The monoisotopic (exact) mass is 987 g/mol. The number of fused-ring (bicyclic) bond motifs is 1. The zero-order valence-corrected chi connectivity index (χ0v) is 40.9. The third-order valence-corrected chi connectivity index (χ3v) is 14.3. The quantitative estimate of drug-likeness (QED) is 0.0460. The molecule has 2 saturated heterocycles. The summed E-state index contributed by atoms with van der Waals surface area (Å²) in [5.41, 5.74) is 10.8. The molecule has 7 N–H and O–H groups in total. The highest BCUT2D eigenvalue weighted by atomic mass is 35.5. The Labute approximate surface area is 410 Å². The number of nitrogens with one attached hydrogen (secondary N) is 1. The van der Waals surface area contributed by atoms with Gasteiger partial charge in [0.05, 0.1) is 39.2 Å². The number of likely N-dealkylation sites (tertiary alicyclic amines) is 1. The lowest BCUT2D eigenvalue weighted by Gasteiger charge is -2.34. The highest BCUT2D eigenvalue weighted by molar-refractivity contribution is 7.13. The van der Waals surface area contributed by atoms with E-state index in [2.05, 4.69) is 20.3 Å². The predicted octanol–water partition coefficient (Wildman–Crippen LogP) is 6.03. The van der Waals surface area contributed by atoms with Crippen LogP contribution in [0, 0.1) is 18.3 Å². The molecule has 2 aliphatic heterocycles. The number of nitrogen functional groups attached to an aromatic ring is 1. The summed E-state index contributed by atoms with van der Waals surface area (Å²) < 4.78 is 13.4. The lowest BCUT2D eigenvalue weighted by Crippen LogP contribution is -2.50. The third-order valence-electron chi connectivity index (χ3n) is 13.0. The first kappa shape index (κ1) is 51.5. The number of nitrogens with two attached hydrogens (primary N) is 1. The minimum Gasteiger partial charge on any atom is -0.492 e. The number of aromatic nitrogens is 4. The van der Waals surface area contributed by atoms with Crippen LogP contribution in [-0.2, 0) is 30.5 Å². The number of aliphatic hydroxyl groups is 4. The summed E-state index contributed by atoms with van der Waals surface area (Å²) in [7, 11) is 0. The maximum absolute atomic E-state index is 14.1. The minimum absolute atomic E-state index is 0.0119. The van der Waals surface area contributed by atoms with Gasteiger partial charge in [-0.3, -0.25) is 19.2 Å². The van der Waals surface area contributed by atoms with Crippen LogP contribution in [0.15, 0.2) is 66.6 Å². The number of aliphatic hydroxyl groups excluding tert-OH is 4. The second-order valence-electron chi connectivity index (χ2n) is 19.1. The molecule has 2 amide bonds. The molecule has 0 unspecified atom stereocenters. The molecule has 7 rings (SSSR count).